The Bertz CT molecular complexity index is 892. The Morgan fingerprint density at radius 2 is 1.87 bits per heavy atom. The maximum atomic E-state index is 13.0. The second kappa shape index (κ2) is 9.21. The number of rotatable bonds is 8. The first-order valence-electron chi connectivity index (χ1n) is 10.2. The smallest absolute Gasteiger partial charge is 0.379 e. The zero-order valence-electron chi connectivity index (χ0n) is 17.9. The van der Waals surface area contributed by atoms with Crippen LogP contribution in [0.5, 0.6) is 0 Å². The number of amides is 4. The van der Waals surface area contributed by atoms with Crippen LogP contribution in [0.3, 0.4) is 0 Å². The van der Waals surface area contributed by atoms with Crippen molar-refractivity contribution in [3.63, 3.8) is 0 Å². The zero-order chi connectivity index (χ0) is 21.8. The molecule has 1 fully saturated rings. The number of hydrogen-bond donors (Lipinski definition) is 1. The van der Waals surface area contributed by atoms with Crippen molar-refractivity contribution in [1.82, 2.24) is 15.1 Å². The van der Waals surface area contributed by atoms with Gasteiger partial charge in [0.05, 0.1) is 13.2 Å². The van der Waals surface area contributed by atoms with Gasteiger partial charge in [-0.3, -0.25) is 9.59 Å². The Morgan fingerprint density at radius 1 is 1.17 bits per heavy atom. The van der Waals surface area contributed by atoms with E-state index < -0.39 is 11.9 Å². The third kappa shape index (κ3) is 4.43. The summed E-state index contributed by atoms with van der Waals surface area (Å²) in [6.45, 7) is 5.34. The summed E-state index contributed by atoms with van der Waals surface area (Å²) in [5.74, 6) is -0.750. The van der Waals surface area contributed by atoms with Gasteiger partial charge in [0.25, 0.3) is 17.6 Å². The van der Waals surface area contributed by atoms with E-state index in [0.29, 0.717) is 37.6 Å². The minimum Gasteiger partial charge on any atom is -0.379 e. The van der Waals surface area contributed by atoms with Gasteiger partial charge >= 0.3 is 6.03 Å². The molecule has 0 spiro atoms. The fraction of sp³-hybridized carbons (Fsp3) is 0.455. The monoisotopic (exact) mass is 413 g/mol. The van der Waals surface area contributed by atoms with Crippen LogP contribution in [0.4, 0.5) is 4.79 Å². The van der Waals surface area contributed by atoms with Gasteiger partial charge in [0, 0.05) is 20.2 Å². The van der Waals surface area contributed by atoms with Gasteiger partial charge in [0.15, 0.2) is 11.6 Å². The minimum atomic E-state index is -0.661. The van der Waals surface area contributed by atoms with Crippen molar-refractivity contribution < 1.29 is 23.7 Å². The number of carbonyl (C=O) groups is 3. The van der Waals surface area contributed by atoms with E-state index in [1.165, 1.54) is 11.9 Å². The van der Waals surface area contributed by atoms with Crippen LogP contribution < -0.4 is 5.32 Å². The van der Waals surface area contributed by atoms with Crippen molar-refractivity contribution in [2.45, 2.75) is 32.9 Å². The molecule has 0 saturated carbocycles. The molecule has 8 heteroatoms. The molecule has 2 heterocycles. The van der Waals surface area contributed by atoms with Gasteiger partial charge in [0.1, 0.15) is 6.54 Å². The summed E-state index contributed by atoms with van der Waals surface area (Å²) in [4.78, 5) is 40.7. The first kappa shape index (κ1) is 21.7. The molecule has 0 aromatic heterocycles. The van der Waals surface area contributed by atoms with E-state index >= 15 is 0 Å². The molecule has 2 aliphatic rings. The van der Waals surface area contributed by atoms with E-state index in [1.54, 1.807) is 17.7 Å². The van der Waals surface area contributed by atoms with Gasteiger partial charge in [0.2, 0.25) is 0 Å². The number of nitrogens with one attached hydrogen (secondary N) is 1. The number of imide groups is 1. The molecule has 1 aromatic carbocycles. The molecule has 0 aliphatic carbocycles. The molecule has 1 atom stereocenters. The van der Waals surface area contributed by atoms with E-state index in [9.17, 15) is 14.4 Å². The average Bonchev–Trinajstić information content (AvgIpc) is 3.10. The standard InChI is InChI=1S/C22H28N4O4/c1-15(2)30-12-8-11-23-19(27)18-13-17-20(24(3)22(29)25(4)21(17)28)26(18)14-16-9-6-5-7-10-16/h5-7,9-10,13,15,17H,8,11-12,14H2,1-4H3/p+1. The maximum Gasteiger partial charge on any atom is 0.417 e. The van der Waals surface area contributed by atoms with Crippen LogP contribution in [-0.2, 0) is 20.9 Å². The topological polar surface area (TPSA) is 82.0 Å². The van der Waals surface area contributed by atoms with Gasteiger partial charge in [-0.1, -0.05) is 30.3 Å². The molecular formula is C22H29N4O4+. The fourth-order valence-corrected chi connectivity index (χ4v) is 3.63. The van der Waals surface area contributed by atoms with Crippen molar-refractivity contribution in [3.05, 3.63) is 47.7 Å². The highest BCUT2D eigenvalue weighted by Gasteiger charge is 2.51. The van der Waals surface area contributed by atoms with Crippen molar-refractivity contribution in [2.24, 2.45) is 5.92 Å². The molecule has 1 N–H and O–H groups in total. The van der Waals surface area contributed by atoms with Gasteiger partial charge in [-0.25, -0.2) is 14.3 Å². The third-order valence-electron chi connectivity index (χ3n) is 5.16. The van der Waals surface area contributed by atoms with Crippen LogP contribution in [0, 0.1) is 5.92 Å². The highest BCUT2D eigenvalue weighted by molar-refractivity contribution is 6.19. The first-order valence-corrected chi connectivity index (χ1v) is 10.2. The summed E-state index contributed by atoms with van der Waals surface area (Å²) in [6, 6.07) is 9.24. The predicted octanol–water partition coefficient (Wildman–Crippen LogP) is 1.57. The van der Waals surface area contributed by atoms with Crippen molar-refractivity contribution in [3.8, 4) is 0 Å². The molecule has 1 saturated heterocycles. The number of urea groups is 1. The number of amidine groups is 1. The Balaban J connectivity index is 1.85. The molecule has 1 aromatic rings. The SMILES string of the molecule is CC(C)OCCCNC(=O)C1=CC2C(=O)N(C)C(=O)N(C)C2=[N+]1Cc1ccccc1. The fourth-order valence-electron chi connectivity index (χ4n) is 3.63. The van der Waals surface area contributed by atoms with Crippen molar-refractivity contribution >= 4 is 23.7 Å². The molecule has 8 nitrogen and oxygen atoms in total. The van der Waals surface area contributed by atoms with Gasteiger partial charge in [-0.2, -0.15) is 4.90 Å². The number of benzene rings is 1. The third-order valence-corrected chi connectivity index (χ3v) is 5.16. The number of carbonyl (C=O) groups excluding carboxylic acids is 3. The van der Waals surface area contributed by atoms with Crippen LogP contribution in [-0.4, -0.2) is 71.4 Å². The Kier molecular flexibility index (Phi) is 6.66. The first-order chi connectivity index (χ1) is 14.3. The van der Waals surface area contributed by atoms with Crippen LogP contribution >= 0.6 is 0 Å². The molecule has 30 heavy (non-hydrogen) atoms. The second-order valence-corrected chi connectivity index (χ2v) is 7.73. The molecule has 3 rings (SSSR count). The summed E-state index contributed by atoms with van der Waals surface area (Å²) in [5, 5.41) is 2.91. The number of ether oxygens (including phenoxy) is 1. The van der Waals surface area contributed by atoms with Crippen molar-refractivity contribution in [1.29, 1.82) is 0 Å². The molecule has 0 radical (unpaired) electrons. The molecule has 4 amide bonds. The zero-order valence-corrected chi connectivity index (χ0v) is 17.9. The van der Waals surface area contributed by atoms with Gasteiger partial charge in [-0.15, -0.1) is 0 Å². The highest BCUT2D eigenvalue weighted by atomic mass is 16.5. The second-order valence-electron chi connectivity index (χ2n) is 7.73. The van der Waals surface area contributed by atoms with E-state index in [-0.39, 0.29) is 17.9 Å². The lowest BCUT2D eigenvalue weighted by molar-refractivity contribution is -0.490. The normalized spacial score (nSPS) is 18.8. The van der Waals surface area contributed by atoms with Crippen LogP contribution in [0.1, 0.15) is 25.8 Å². The predicted molar refractivity (Wildman–Crippen MR) is 112 cm³/mol. The van der Waals surface area contributed by atoms with E-state index in [1.807, 2.05) is 44.2 Å². The highest BCUT2D eigenvalue weighted by Crippen LogP contribution is 2.27. The maximum absolute atomic E-state index is 13.0. The number of fused-ring (bicyclic) bond motifs is 1. The number of nitrogens with zero attached hydrogens (tertiary/aromatic N) is 3. The van der Waals surface area contributed by atoms with E-state index in [2.05, 4.69) is 5.32 Å². The van der Waals surface area contributed by atoms with Crippen LogP contribution in [0.2, 0.25) is 0 Å². The Labute approximate surface area is 176 Å². The molecule has 1 unspecified atom stereocenters. The summed E-state index contributed by atoms with van der Waals surface area (Å²) in [6.07, 6.45) is 2.49. The molecule has 2 aliphatic heterocycles. The molecule has 160 valence electrons. The number of hydrogen-bond acceptors (Lipinski definition) is 4. The van der Waals surface area contributed by atoms with Crippen LogP contribution in [0.15, 0.2) is 42.1 Å². The molecule has 0 bridgehead atoms. The largest absolute Gasteiger partial charge is 0.417 e. The summed E-state index contributed by atoms with van der Waals surface area (Å²) >= 11 is 0. The Hall–Kier alpha value is -3.00. The van der Waals surface area contributed by atoms with E-state index in [0.717, 1.165) is 10.5 Å². The van der Waals surface area contributed by atoms with Crippen LogP contribution in [0.25, 0.3) is 0 Å². The summed E-state index contributed by atoms with van der Waals surface area (Å²) in [5.41, 5.74) is 1.36. The summed E-state index contributed by atoms with van der Waals surface area (Å²) < 4.78 is 7.27. The summed E-state index contributed by atoms with van der Waals surface area (Å²) in [7, 11) is 3.09. The van der Waals surface area contributed by atoms with Crippen molar-refractivity contribution in [2.75, 3.05) is 27.2 Å². The van der Waals surface area contributed by atoms with Gasteiger partial charge in [-0.05, 0) is 31.9 Å². The molecular weight excluding hydrogens is 384 g/mol. The average molecular weight is 413 g/mol. The quantitative estimate of drug-likeness (QED) is 0.518. The minimum absolute atomic E-state index is 0.148. The lowest BCUT2D eigenvalue weighted by Crippen LogP contribution is -2.57. The van der Waals surface area contributed by atoms with Gasteiger partial charge < -0.3 is 10.1 Å². The Morgan fingerprint density at radius 3 is 2.53 bits per heavy atom. The lowest BCUT2D eigenvalue weighted by Gasteiger charge is -2.27. The van der Waals surface area contributed by atoms with E-state index in [4.69, 9.17) is 4.74 Å². The lowest BCUT2D eigenvalue weighted by atomic mass is 10.0.